The zero-order chi connectivity index (χ0) is 14.1. The van der Waals surface area contributed by atoms with E-state index in [1.807, 2.05) is 30.3 Å². The van der Waals surface area contributed by atoms with Crippen LogP contribution in [0.15, 0.2) is 52.9 Å². The van der Waals surface area contributed by atoms with E-state index in [9.17, 15) is 4.39 Å². The van der Waals surface area contributed by atoms with Crippen LogP contribution in [0, 0.1) is 5.82 Å². The van der Waals surface area contributed by atoms with Gasteiger partial charge >= 0.3 is 0 Å². The smallest absolute Gasteiger partial charge is 0.142 e. The summed E-state index contributed by atoms with van der Waals surface area (Å²) in [6.45, 7) is 0. The first-order chi connectivity index (χ1) is 9.69. The van der Waals surface area contributed by atoms with Crippen LogP contribution in [0.4, 0.5) is 4.39 Å². The van der Waals surface area contributed by atoms with Crippen molar-refractivity contribution in [3.05, 3.63) is 70.7 Å². The first kappa shape index (κ1) is 13.1. The van der Waals surface area contributed by atoms with Gasteiger partial charge in [-0.05, 0) is 29.8 Å². The topological polar surface area (TPSA) is 51.2 Å². The highest BCUT2D eigenvalue weighted by Crippen LogP contribution is 2.29. The van der Waals surface area contributed by atoms with Crippen LogP contribution in [-0.4, -0.2) is 0 Å². The molecule has 0 aliphatic rings. The Hall–Kier alpha value is -1.88. The highest BCUT2D eigenvalue weighted by Gasteiger charge is 2.18. The van der Waals surface area contributed by atoms with Gasteiger partial charge in [0.2, 0.25) is 0 Å². The summed E-state index contributed by atoms with van der Waals surface area (Å²) in [5, 5.41) is 1.05. The standard InChI is InChI=1S/C15H12ClFN2O/c16-11-6-5-10(7-12(11)17)15(19-18)14-8-9-3-1-2-4-13(9)20-14/h1-8,15,19H,18H2. The summed E-state index contributed by atoms with van der Waals surface area (Å²) in [5.41, 5.74) is 4.05. The average Bonchev–Trinajstić information content (AvgIpc) is 2.87. The lowest BCUT2D eigenvalue weighted by Gasteiger charge is -2.14. The summed E-state index contributed by atoms with van der Waals surface area (Å²) in [4.78, 5) is 0. The van der Waals surface area contributed by atoms with Crippen molar-refractivity contribution in [2.75, 3.05) is 0 Å². The minimum atomic E-state index is -0.486. The quantitative estimate of drug-likeness (QED) is 0.570. The van der Waals surface area contributed by atoms with Crippen molar-refractivity contribution >= 4 is 22.6 Å². The zero-order valence-corrected chi connectivity index (χ0v) is 11.2. The second-order valence-corrected chi connectivity index (χ2v) is 4.87. The summed E-state index contributed by atoms with van der Waals surface area (Å²) < 4.78 is 19.3. The highest BCUT2D eigenvalue weighted by molar-refractivity contribution is 6.30. The fraction of sp³-hybridized carbons (Fsp3) is 0.0667. The van der Waals surface area contributed by atoms with Crippen molar-refractivity contribution in [1.82, 2.24) is 5.43 Å². The van der Waals surface area contributed by atoms with Gasteiger partial charge in [-0.15, -0.1) is 0 Å². The van der Waals surface area contributed by atoms with Gasteiger partial charge in [0.05, 0.1) is 5.02 Å². The van der Waals surface area contributed by atoms with Gasteiger partial charge < -0.3 is 4.42 Å². The van der Waals surface area contributed by atoms with Gasteiger partial charge in [0.15, 0.2) is 0 Å². The first-order valence-electron chi connectivity index (χ1n) is 6.08. The third kappa shape index (κ3) is 2.29. The van der Waals surface area contributed by atoms with Crippen LogP contribution in [0.2, 0.25) is 5.02 Å². The highest BCUT2D eigenvalue weighted by atomic mass is 35.5. The fourth-order valence-electron chi connectivity index (χ4n) is 2.18. The molecule has 1 atom stereocenters. The van der Waals surface area contributed by atoms with E-state index in [4.69, 9.17) is 21.9 Å². The Morgan fingerprint density at radius 1 is 1.15 bits per heavy atom. The number of benzene rings is 2. The number of hydrogen-bond donors (Lipinski definition) is 2. The van der Waals surface area contributed by atoms with E-state index in [-0.39, 0.29) is 5.02 Å². The summed E-state index contributed by atoms with van der Waals surface area (Å²) in [6.07, 6.45) is 0. The number of furan rings is 1. The minimum absolute atomic E-state index is 0.0779. The second-order valence-electron chi connectivity index (χ2n) is 4.46. The molecule has 0 aliphatic carbocycles. The molecule has 3 nitrogen and oxygen atoms in total. The Balaban J connectivity index is 2.06. The number of para-hydroxylation sites is 1. The number of fused-ring (bicyclic) bond motifs is 1. The lowest BCUT2D eigenvalue weighted by atomic mass is 10.0. The molecule has 1 unspecified atom stereocenters. The van der Waals surface area contributed by atoms with E-state index in [1.165, 1.54) is 12.1 Å². The van der Waals surface area contributed by atoms with Gasteiger partial charge in [-0.1, -0.05) is 35.9 Å². The largest absolute Gasteiger partial charge is 0.459 e. The Bertz CT molecular complexity index is 723. The van der Waals surface area contributed by atoms with E-state index in [1.54, 1.807) is 6.07 Å². The van der Waals surface area contributed by atoms with Crippen LogP contribution < -0.4 is 11.3 Å². The Morgan fingerprint density at radius 3 is 2.65 bits per heavy atom. The van der Waals surface area contributed by atoms with E-state index in [0.29, 0.717) is 11.3 Å². The maximum Gasteiger partial charge on any atom is 0.142 e. The number of hydrazine groups is 1. The van der Waals surface area contributed by atoms with Gasteiger partial charge in [-0.25, -0.2) is 9.82 Å². The molecule has 0 aliphatic heterocycles. The molecule has 0 spiro atoms. The predicted molar refractivity (Wildman–Crippen MR) is 76.8 cm³/mol. The van der Waals surface area contributed by atoms with Crippen LogP contribution in [0.5, 0.6) is 0 Å². The fourth-order valence-corrected chi connectivity index (χ4v) is 2.30. The van der Waals surface area contributed by atoms with Crippen molar-refractivity contribution < 1.29 is 8.81 Å². The summed E-state index contributed by atoms with van der Waals surface area (Å²) in [6, 6.07) is 13.6. The molecule has 0 radical (unpaired) electrons. The Kier molecular flexibility index (Phi) is 3.44. The zero-order valence-electron chi connectivity index (χ0n) is 10.4. The van der Waals surface area contributed by atoms with Crippen molar-refractivity contribution in [2.24, 2.45) is 5.84 Å². The lowest BCUT2D eigenvalue weighted by Crippen LogP contribution is -2.28. The number of nitrogens with one attached hydrogen (secondary N) is 1. The van der Waals surface area contributed by atoms with Crippen molar-refractivity contribution in [3.63, 3.8) is 0 Å². The van der Waals surface area contributed by atoms with E-state index < -0.39 is 11.9 Å². The summed E-state index contributed by atoms with van der Waals surface area (Å²) in [7, 11) is 0. The summed E-state index contributed by atoms with van der Waals surface area (Å²) in [5.74, 6) is 5.72. The lowest BCUT2D eigenvalue weighted by molar-refractivity contribution is 0.475. The maximum atomic E-state index is 13.6. The molecule has 3 N–H and O–H groups in total. The van der Waals surface area contributed by atoms with Crippen LogP contribution in [0.1, 0.15) is 17.4 Å². The third-order valence-corrected chi connectivity index (χ3v) is 3.48. The number of hydrogen-bond acceptors (Lipinski definition) is 3. The predicted octanol–water partition coefficient (Wildman–Crippen LogP) is 3.78. The molecule has 20 heavy (non-hydrogen) atoms. The average molecular weight is 291 g/mol. The SMILES string of the molecule is NNC(c1ccc(Cl)c(F)c1)c1cc2ccccc2o1. The van der Waals surface area contributed by atoms with E-state index in [0.717, 1.165) is 11.0 Å². The molecule has 1 aromatic heterocycles. The summed E-state index contributed by atoms with van der Waals surface area (Å²) >= 11 is 5.69. The van der Waals surface area contributed by atoms with Gasteiger partial charge in [-0.3, -0.25) is 5.84 Å². The minimum Gasteiger partial charge on any atom is -0.459 e. The van der Waals surface area contributed by atoms with Gasteiger partial charge in [0.25, 0.3) is 0 Å². The molecular formula is C15H12ClFN2O. The molecule has 1 heterocycles. The number of halogens is 2. The number of rotatable bonds is 3. The maximum absolute atomic E-state index is 13.6. The number of nitrogens with two attached hydrogens (primary N) is 1. The van der Waals surface area contributed by atoms with Crippen LogP contribution in [-0.2, 0) is 0 Å². The van der Waals surface area contributed by atoms with Crippen LogP contribution in [0.3, 0.4) is 0 Å². The molecule has 0 amide bonds. The third-order valence-electron chi connectivity index (χ3n) is 3.17. The van der Waals surface area contributed by atoms with Gasteiger partial charge in [-0.2, -0.15) is 0 Å². The van der Waals surface area contributed by atoms with Crippen molar-refractivity contribution in [1.29, 1.82) is 0 Å². The van der Waals surface area contributed by atoms with Gasteiger partial charge in [0.1, 0.15) is 23.2 Å². The Morgan fingerprint density at radius 2 is 1.95 bits per heavy atom. The molecule has 0 saturated heterocycles. The molecular weight excluding hydrogens is 279 g/mol. The monoisotopic (exact) mass is 290 g/mol. The van der Waals surface area contributed by atoms with E-state index in [2.05, 4.69) is 5.43 Å². The molecule has 0 saturated carbocycles. The van der Waals surface area contributed by atoms with Crippen LogP contribution in [0.25, 0.3) is 11.0 Å². The Labute approximate surface area is 120 Å². The first-order valence-corrected chi connectivity index (χ1v) is 6.46. The van der Waals surface area contributed by atoms with Crippen molar-refractivity contribution in [2.45, 2.75) is 6.04 Å². The van der Waals surface area contributed by atoms with E-state index >= 15 is 0 Å². The molecule has 3 rings (SSSR count). The molecule has 3 aromatic rings. The van der Waals surface area contributed by atoms with Gasteiger partial charge in [0, 0.05) is 5.39 Å². The molecule has 102 valence electrons. The molecule has 5 heteroatoms. The normalized spacial score (nSPS) is 12.8. The molecule has 0 bridgehead atoms. The molecule has 2 aromatic carbocycles. The molecule has 0 fully saturated rings. The van der Waals surface area contributed by atoms with Crippen molar-refractivity contribution in [3.8, 4) is 0 Å². The van der Waals surface area contributed by atoms with Crippen LogP contribution >= 0.6 is 11.6 Å². The second kappa shape index (κ2) is 5.25.